The van der Waals surface area contributed by atoms with E-state index in [9.17, 15) is 9.59 Å². The SMILES string of the molecule is Cc1ccc(OCOc2ccc(OCOC(COC(=O)c3ccc(OC(=O)c4ccc(C)cc4)cc3)c3ccccc3)cc2)cc1. The lowest BCUT2D eigenvalue weighted by atomic mass is 10.1. The number of esters is 2. The molecule has 0 amide bonds. The van der Waals surface area contributed by atoms with Crippen molar-refractivity contribution in [3.05, 3.63) is 155 Å². The van der Waals surface area contributed by atoms with Gasteiger partial charge in [-0.05, 0) is 92.2 Å². The molecule has 5 aromatic carbocycles. The van der Waals surface area contributed by atoms with Gasteiger partial charge < -0.3 is 28.4 Å². The second-order valence-corrected chi connectivity index (χ2v) is 10.4. The lowest BCUT2D eigenvalue weighted by Gasteiger charge is -2.19. The fourth-order valence-electron chi connectivity index (χ4n) is 4.27. The summed E-state index contributed by atoms with van der Waals surface area (Å²) in [7, 11) is 0. The van der Waals surface area contributed by atoms with E-state index >= 15 is 0 Å². The van der Waals surface area contributed by atoms with Gasteiger partial charge in [-0.2, -0.15) is 0 Å². The zero-order valence-corrected chi connectivity index (χ0v) is 25.6. The van der Waals surface area contributed by atoms with Crippen molar-refractivity contribution in [1.82, 2.24) is 0 Å². The van der Waals surface area contributed by atoms with Crippen LogP contribution in [0.3, 0.4) is 0 Å². The minimum absolute atomic E-state index is 0.0376. The minimum Gasteiger partial charge on any atom is -0.468 e. The number of ether oxygens (including phenoxy) is 6. The number of rotatable bonds is 14. The molecule has 0 aliphatic heterocycles. The van der Waals surface area contributed by atoms with Crippen LogP contribution in [0.4, 0.5) is 0 Å². The van der Waals surface area contributed by atoms with Crippen LogP contribution in [0.5, 0.6) is 23.0 Å². The van der Waals surface area contributed by atoms with E-state index in [1.165, 1.54) is 0 Å². The summed E-state index contributed by atoms with van der Waals surface area (Å²) < 4.78 is 34.0. The minimum atomic E-state index is -0.568. The molecular weight excluding hydrogens is 584 g/mol. The van der Waals surface area contributed by atoms with Crippen LogP contribution >= 0.6 is 0 Å². The first-order valence-corrected chi connectivity index (χ1v) is 14.7. The molecule has 5 aromatic rings. The van der Waals surface area contributed by atoms with Crippen molar-refractivity contribution in [2.24, 2.45) is 0 Å². The van der Waals surface area contributed by atoms with E-state index in [2.05, 4.69) is 0 Å². The summed E-state index contributed by atoms with van der Waals surface area (Å²) in [5.74, 6) is 1.25. The molecule has 8 heteroatoms. The number of benzene rings is 5. The van der Waals surface area contributed by atoms with Crippen molar-refractivity contribution < 1.29 is 38.0 Å². The van der Waals surface area contributed by atoms with Gasteiger partial charge >= 0.3 is 11.9 Å². The van der Waals surface area contributed by atoms with Gasteiger partial charge in [0.2, 0.25) is 6.79 Å². The van der Waals surface area contributed by atoms with Crippen LogP contribution in [-0.4, -0.2) is 32.1 Å². The molecular formula is C38H34O8. The molecule has 0 spiro atoms. The van der Waals surface area contributed by atoms with Crippen molar-refractivity contribution in [3.63, 3.8) is 0 Å². The van der Waals surface area contributed by atoms with Crippen molar-refractivity contribution in [2.45, 2.75) is 20.0 Å². The Kier molecular flexibility index (Phi) is 11.0. The van der Waals surface area contributed by atoms with Gasteiger partial charge in [0, 0.05) is 0 Å². The Labute approximate surface area is 268 Å². The zero-order chi connectivity index (χ0) is 32.1. The third-order valence-electron chi connectivity index (χ3n) is 6.92. The summed E-state index contributed by atoms with van der Waals surface area (Å²) in [6, 6.07) is 37.5. The molecule has 46 heavy (non-hydrogen) atoms. The quantitative estimate of drug-likeness (QED) is 0.0705. The topological polar surface area (TPSA) is 89.5 Å². The summed E-state index contributed by atoms with van der Waals surface area (Å²) in [5, 5.41) is 0. The highest BCUT2D eigenvalue weighted by atomic mass is 16.7. The third kappa shape index (κ3) is 9.45. The Morgan fingerprint density at radius 2 is 0.978 bits per heavy atom. The van der Waals surface area contributed by atoms with E-state index in [1.54, 1.807) is 60.7 Å². The van der Waals surface area contributed by atoms with Crippen LogP contribution in [0.1, 0.15) is 43.5 Å². The Morgan fingerprint density at radius 1 is 0.522 bits per heavy atom. The summed E-state index contributed by atoms with van der Waals surface area (Å²) in [5.41, 5.74) is 3.78. The van der Waals surface area contributed by atoms with Gasteiger partial charge in [-0.25, -0.2) is 9.59 Å². The number of hydrogen-bond donors (Lipinski definition) is 0. The second-order valence-electron chi connectivity index (χ2n) is 10.4. The van der Waals surface area contributed by atoms with Crippen LogP contribution in [0, 0.1) is 13.8 Å². The van der Waals surface area contributed by atoms with E-state index in [1.807, 2.05) is 80.6 Å². The molecule has 0 bridgehead atoms. The standard InChI is InChI=1S/C38H34O8/c1-27-8-12-31(13-9-27)38(40)46-35-18-14-30(15-19-35)37(39)41-24-36(29-6-4-3-5-7-29)45-26-44-34-22-20-33(21-23-34)43-25-42-32-16-10-28(2)11-17-32/h3-23,36H,24-26H2,1-2H3. The van der Waals surface area contributed by atoms with Crippen LogP contribution < -0.4 is 18.9 Å². The summed E-state index contributed by atoms with van der Waals surface area (Å²) in [4.78, 5) is 25.2. The number of carbonyl (C=O) groups excluding carboxylic acids is 2. The number of carbonyl (C=O) groups is 2. The van der Waals surface area contributed by atoms with Gasteiger partial charge in [0.25, 0.3) is 0 Å². The van der Waals surface area contributed by atoms with Gasteiger partial charge in [0.15, 0.2) is 6.79 Å². The predicted molar refractivity (Wildman–Crippen MR) is 172 cm³/mol. The molecule has 0 saturated heterocycles. The summed E-state index contributed by atoms with van der Waals surface area (Å²) in [6.07, 6.45) is -0.568. The van der Waals surface area contributed by atoms with Crippen molar-refractivity contribution in [1.29, 1.82) is 0 Å². The van der Waals surface area contributed by atoms with Crippen LogP contribution in [0.2, 0.25) is 0 Å². The van der Waals surface area contributed by atoms with Gasteiger partial charge in [-0.1, -0.05) is 65.7 Å². The maximum Gasteiger partial charge on any atom is 0.343 e. The lowest BCUT2D eigenvalue weighted by molar-refractivity contribution is -0.0641. The molecule has 234 valence electrons. The highest BCUT2D eigenvalue weighted by molar-refractivity contribution is 5.92. The second kappa shape index (κ2) is 15.9. The van der Waals surface area contributed by atoms with Crippen molar-refractivity contribution >= 4 is 11.9 Å². The normalized spacial score (nSPS) is 11.3. The highest BCUT2D eigenvalue weighted by Gasteiger charge is 2.17. The van der Waals surface area contributed by atoms with Gasteiger partial charge in [0.05, 0.1) is 11.1 Å². The third-order valence-corrected chi connectivity index (χ3v) is 6.92. The molecule has 1 unspecified atom stereocenters. The van der Waals surface area contributed by atoms with Crippen LogP contribution in [0.25, 0.3) is 0 Å². The van der Waals surface area contributed by atoms with Crippen molar-refractivity contribution in [3.8, 4) is 23.0 Å². The van der Waals surface area contributed by atoms with Gasteiger partial charge in [-0.3, -0.25) is 0 Å². The Morgan fingerprint density at radius 3 is 1.57 bits per heavy atom. The van der Waals surface area contributed by atoms with Crippen LogP contribution in [0.15, 0.2) is 127 Å². The molecule has 0 fully saturated rings. The molecule has 0 aliphatic rings. The highest BCUT2D eigenvalue weighted by Crippen LogP contribution is 2.22. The fourth-order valence-corrected chi connectivity index (χ4v) is 4.27. The first-order chi connectivity index (χ1) is 22.4. The lowest BCUT2D eigenvalue weighted by Crippen LogP contribution is -2.18. The molecule has 0 N–H and O–H groups in total. The Hall–Kier alpha value is -5.60. The Balaban J connectivity index is 1.09. The fraction of sp³-hybridized carbons (Fsp3) is 0.158. The monoisotopic (exact) mass is 618 g/mol. The zero-order valence-electron chi connectivity index (χ0n) is 25.6. The molecule has 0 saturated carbocycles. The van der Waals surface area contributed by atoms with Crippen LogP contribution in [-0.2, 0) is 9.47 Å². The molecule has 5 rings (SSSR count). The first kappa shape index (κ1) is 31.8. The predicted octanol–water partition coefficient (Wildman–Crippen LogP) is 7.89. The van der Waals surface area contributed by atoms with E-state index < -0.39 is 18.0 Å². The Bertz CT molecular complexity index is 1680. The van der Waals surface area contributed by atoms with Crippen molar-refractivity contribution in [2.75, 3.05) is 20.2 Å². The number of aryl methyl sites for hydroxylation is 2. The van der Waals surface area contributed by atoms with Gasteiger partial charge in [0.1, 0.15) is 35.7 Å². The smallest absolute Gasteiger partial charge is 0.343 e. The van der Waals surface area contributed by atoms with E-state index in [-0.39, 0.29) is 20.2 Å². The molecule has 0 radical (unpaired) electrons. The first-order valence-electron chi connectivity index (χ1n) is 14.7. The average molecular weight is 619 g/mol. The maximum atomic E-state index is 12.8. The van der Waals surface area contributed by atoms with E-state index in [0.717, 1.165) is 22.4 Å². The van der Waals surface area contributed by atoms with E-state index in [0.29, 0.717) is 28.4 Å². The molecule has 0 aliphatic carbocycles. The summed E-state index contributed by atoms with van der Waals surface area (Å²) >= 11 is 0. The molecule has 8 nitrogen and oxygen atoms in total. The van der Waals surface area contributed by atoms with Gasteiger partial charge in [-0.15, -0.1) is 0 Å². The largest absolute Gasteiger partial charge is 0.468 e. The summed E-state index contributed by atoms with van der Waals surface area (Å²) in [6.45, 7) is 3.93. The van der Waals surface area contributed by atoms with E-state index in [4.69, 9.17) is 28.4 Å². The number of hydrogen-bond acceptors (Lipinski definition) is 8. The average Bonchev–Trinajstić information content (AvgIpc) is 3.08. The maximum absolute atomic E-state index is 12.8. The molecule has 0 aromatic heterocycles. The molecule has 1 atom stereocenters. The molecule has 0 heterocycles.